The number of carbonyl (C=O) groups excluding carboxylic acids is 10. The summed E-state index contributed by atoms with van der Waals surface area (Å²) < 4.78 is 29.6. The molecule has 2 aromatic rings. The van der Waals surface area contributed by atoms with Gasteiger partial charge in [0.1, 0.15) is 0 Å². The number of ether oxygens (including phenoxy) is 5. The van der Waals surface area contributed by atoms with E-state index in [1.165, 1.54) is 39.0 Å². The number of fused-ring (bicyclic) bond motifs is 4. The number of benzene rings is 2. The third kappa shape index (κ3) is 15.7. The molecule has 0 saturated carbocycles. The minimum absolute atomic E-state index is 0.00318. The SMILES string of the molecule is C=CC1OC(/C=C\C2OC(C=C)C3C(=O)N(Cc4ccccc4)C(=O)C23)C2C(=O)N(CC[NH+]=C(N)NC(=O)NCCCCCC)C(=O)C12.C=CC1OC(/C=C\C2OC(C=C)C3C(=O)N(Cc4ccccc4)C(=O)C23)C2C(=O)N(CC[NH+]=C(N)NC(=O)NCCOCCC)C(=O)C12. The lowest BCUT2D eigenvalue weighted by Gasteiger charge is -2.20. The third-order valence-corrected chi connectivity index (χ3v) is 18.3. The molecule has 8 heterocycles. The first kappa shape index (κ1) is 71.0. The van der Waals surface area contributed by atoms with Crippen molar-refractivity contribution in [3.63, 3.8) is 0 Å². The Kier molecular flexibility index (Phi) is 24.4. The van der Waals surface area contributed by atoms with Gasteiger partial charge in [-0.05, 0) is 24.0 Å². The van der Waals surface area contributed by atoms with Gasteiger partial charge in [0.2, 0.25) is 47.3 Å². The van der Waals surface area contributed by atoms with Gasteiger partial charge in [-0.1, -0.05) is 142 Å². The van der Waals surface area contributed by atoms with E-state index < -0.39 is 126 Å². The number of carbonyl (C=O) groups is 10. The zero-order valence-corrected chi connectivity index (χ0v) is 54.1. The smallest absolute Gasteiger partial charge is 0.379 e. The summed E-state index contributed by atoms with van der Waals surface area (Å²) >= 11 is 0. The largest absolute Gasteiger partial charge is 0.380 e. The second-order valence-electron chi connectivity index (χ2n) is 24.4. The highest BCUT2D eigenvalue weighted by Gasteiger charge is 2.63. The standard InChI is InChI=1S/C35H44N6O7.C34H42N6O8/c1-4-7-8-12-17-38-35(46)39-34(36)37-18-19-40-30(42)26-22(5-2)47-24(28(26)31(40)43)15-16-25-29-27(23(6-3)48-25)32(44)41(33(29)45)20-21-13-10-9-11-14-21;1-4-17-46-18-15-37-34(45)38-33(35)36-14-16-39-29(41)25-21(5-2)47-23(27(25)30(39)42)12-13-24-28-26(22(6-3)48-24)31(43)40(32(28)44)19-20-10-8-7-9-11-20/h5-6,9-11,13-16,22-29H,2-4,7-8,12,17-20H2,1H3,(H4,36,37,38,39,46);5-13,21-28H,2-4,14-19H2,1H3,(H4,35,36,37,38,45)/p+2/b16-15-;13-12-. The molecule has 0 bridgehead atoms. The van der Waals surface area contributed by atoms with E-state index in [4.69, 9.17) is 35.2 Å². The third-order valence-electron chi connectivity index (χ3n) is 18.3. The number of imide groups is 4. The van der Waals surface area contributed by atoms with E-state index in [0.717, 1.165) is 48.1 Å². The van der Waals surface area contributed by atoms with Gasteiger partial charge in [0.05, 0.1) is 142 Å². The number of urea groups is 2. The van der Waals surface area contributed by atoms with Gasteiger partial charge in [-0.2, -0.15) is 10.6 Å². The molecule has 8 fully saturated rings. The van der Waals surface area contributed by atoms with Crippen molar-refractivity contribution in [3.05, 3.63) is 147 Å². The van der Waals surface area contributed by atoms with E-state index in [-0.39, 0.29) is 80.7 Å². The van der Waals surface area contributed by atoms with Crippen molar-refractivity contribution >= 4 is 71.2 Å². The fraction of sp³-hybridized carbons (Fsp3) is 0.478. The van der Waals surface area contributed by atoms with Crippen LogP contribution in [0.5, 0.6) is 0 Å². The molecule has 0 spiro atoms. The highest BCUT2D eigenvalue weighted by molar-refractivity contribution is 6.09. The van der Waals surface area contributed by atoms with Crippen LogP contribution < -0.4 is 42.7 Å². The summed E-state index contributed by atoms with van der Waals surface area (Å²) in [7, 11) is 0. The molecule has 10 rings (SSSR count). The second kappa shape index (κ2) is 32.9. The number of amides is 12. The van der Waals surface area contributed by atoms with Crippen LogP contribution in [-0.4, -0.2) is 192 Å². The Hall–Kier alpha value is -9.28. The van der Waals surface area contributed by atoms with E-state index in [9.17, 15) is 47.9 Å². The van der Waals surface area contributed by atoms with Crippen LogP contribution in [0.1, 0.15) is 57.1 Å². The number of hydrogen-bond donors (Lipinski definition) is 8. The maximum Gasteiger partial charge on any atom is 0.379 e. The van der Waals surface area contributed by atoms with Gasteiger partial charge in [-0.25, -0.2) is 9.59 Å². The van der Waals surface area contributed by atoms with E-state index in [0.29, 0.717) is 26.3 Å². The second-order valence-corrected chi connectivity index (χ2v) is 24.4. The number of hydrogen-bond acceptors (Lipinski definition) is 15. The number of unbranched alkanes of at least 4 members (excludes halogenated alkanes) is 3. The summed E-state index contributed by atoms with van der Waals surface area (Å²) in [6, 6.07) is 17.6. The van der Waals surface area contributed by atoms with Crippen molar-refractivity contribution < 1.29 is 81.6 Å². The number of nitrogens with one attached hydrogen (secondary N) is 6. The van der Waals surface area contributed by atoms with Crippen LogP contribution in [0, 0.1) is 47.3 Å². The number of nitrogens with zero attached hydrogens (tertiary/aromatic N) is 4. The van der Waals surface area contributed by atoms with E-state index in [2.05, 4.69) is 64.5 Å². The molecule has 8 saturated heterocycles. The van der Waals surface area contributed by atoms with Crippen LogP contribution in [0.4, 0.5) is 9.59 Å². The van der Waals surface area contributed by atoms with Gasteiger partial charge < -0.3 is 34.3 Å². The molecule has 27 heteroatoms. The topological polar surface area (TPSA) is 358 Å². The van der Waals surface area contributed by atoms with Crippen LogP contribution in [0.15, 0.2) is 136 Å². The minimum atomic E-state index is -0.820. The predicted octanol–water partition coefficient (Wildman–Crippen LogP) is -0.900. The fourth-order valence-electron chi connectivity index (χ4n) is 13.7. The van der Waals surface area contributed by atoms with Crippen molar-refractivity contribution in [1.82, 2.24) is 40.9 Å². The monoisotopic (exact) mass is 1320 g/mol. The summed E-state index contributed by atoms with van der Waals surface area (Å²) in [4.78, 5) is 142. The fourth-order valence-corrected chi connectivity index (χ4v) is 13.7. The highest BCUT2D eigenvalue weighted by atomic mass is 16.5. The number of rotatable bonds is 28. The van der Waals surface area contributed by atoms with Crippen LogP contribution in [0.3, 0.4) is 0 Å². The summed E-state index contributed by atoms with van der Waals surface area (Å²) in [6.07, 6.45) is 11.8. The Labute approximate surface area is 557 Å². The van der Waals surface area contributed by atoms with E-state index >= 15 is 0 Å². The van der Waals surface area contributed by atoms with Gasteiger partial charge in [0.15, 0.2) is 0 Å². The van der Waals surface area contributed by atoms with Crippen molar-refractivity contribution in [2.75, 3.05) is 52.5 Å². The van der Waals surface area contributed by atoms with Crippen molar-refractivity contribution in [3.8, 4) is 0 Å². The van der Waals surface area contributed by atoms with Crippen LogP contribution in [0.2, 0.25) is 0 Å². The predicted molar refractivity (Wildman–Crippen MR) is 347 cm³/mol. The molecular weight excluding hydrogens is 1240 g/mol. The number of likely N-dealkylation sites (tertiary alicyclic amines) is 4. The highest BCUT2D eigenvalue weighted by Crippen LogP contribution is 2.47. The molecule has 0 radical (unpaired) electrons. The first-order valence-corrected chi connectivity index (χ1v) is 32.8. The Morgan fingerprint density at radius 1 is 0.448 bits per heavy atom. The normalized spacial score (nSPS) is 29.9. The summed E-state index contributed by atoms with van der Waals surface area (Å²) in [5, 5.41) is 10.3. The first-order valence-electron chi connectivity index (χ1n) is 32.8. The van der Waals surface area contributed by atoms with Crippen molar-refractivity contribution in [2.45, 2.75) is 108 Å². The lowest BCUT2D eigenvalue weighted by Crippen LogP contribution is -2.81. The maximum atomic E-state index is 13.6. The molecule has 512 valence electrons. The Morgan fingerprint density at radius 3 is 1.09 bits per heavy atom. The molecule has 8 aliphatic heterocycles. The Morgan fingerprint density at radius 2 is 0.771 bits per heavy atom. The zero-order chi connectivity index (χ0) is 68.7. The van der Waals surface area contributed by atoms with Crippen LogP contribution >= 0.6 is 0 Å². The number of guanidine groups is 2. The quantitative estimate of drug-likeness (QED) is 0.0168. The molecule has 96 heavy (non-hydrogen) atoms. The summed E-state index contributed by atoms with van der Waals surface area (Å²) in [6.45, 7) is 21.7. The Balaban J connectivity index is 0.000000225. The molecular formula is C69H88N12O15+2. The molecule has 0 aromatic heterocycles. The molecule has 27 nitrogen and oxygen atoms in total. The lowest BCUT2D eigenvalue weighted by molar-refractivity contribution is -0.459. The van der Waals surface area contributed by atoms with Crippen LogP contribution in [0.25, 0.3) is 0 Å². The molecule has 16 unspecified atom stereocenters. The summed E-state index contributed by atoms with van der Waals surface area (Å²) in [5.74, 6) is -9.05. The zero-order valence-electron chi connectivity index (χ0n) is 54.1. The average molecular weight is 1330 g/mol. The van der Waals surface area contributed by atoms with Gasteiger partial charge in [-0.3, -0.25) is 79.4 Å². The number of nitrogens with two attached hydrogens (primary N) is 2. The van der Waals surface area contributed by atoms with E-state index in [1.54, 1.807) is 24.3 Å². The van der Waals surface area contributed by atoms with Crippen molar-refractivity contribution in [1.29, 1.82) is 0 Å². The van der Waals surface area contributed by atoms with E-state index in [1.807, 2.05) is 67.6 Å². The first-order chi connectivity index (χ1) is 46.4. The van der Waals surface area contributed by atoms with Gasteiger partial charge >= 0.3 is 24.0 Å². The lowest BCUT2D eigenvalue weighted by atomic mass is 9.87. The van der Waals surface area contributed by atoms with Gasteiger partial charge in [0.25, 0.3) is 0 Å². The molecule has 0 aliphatic carbocycles. The molecule has 10 N–H and O–H groups in total. The molecule has 2 aromatic carbocycles. The van der Waals surface area contributed by atoms with Crippen LogP contribution in [-0.2, 0) is 75.1 Å². The maximum absolute atomic E-state index is 13.6. The minimum Gasteiger partial charge on any atom is -0.380 e. The molecule has 12 amide bonds. The molecule has 16 atom stereocenters. The molecule has 8 aliphatic rings. The van der Waals surface area contributed by atoms with Gasteiger partial charge in [-0.15, -0.1) is 26.3 Å². The van der Waals surface area contributed by atoms with Gasteiger partial charge in [0, 0.05) is 19.7 Å². The van der Waals surface area contributed by atoms with Crippen molar-refractivity contribution in [2.24, 2.45) is 58.8 Å². The Bertz CT molecular complexity index is 3180. The average Bonchev–Trinajstić information content (AvgIpc) is 1.61. The summed E-state index contributed by atoms with van der Waals surface area (Å²) in [5.41, 5.74) is 13.4.